The molecule has 21 heavy (non-hydrogen) atoms. The normalized spacial score (nSPS) is 16.7. The molecule has 2 amide bonds. The number of benzene rings is 1. The van der Waals surface area contributed by atoms with Gasteiger partial charge in [-0.1, -0.05) is 30.3 Å². The van der Waals surface area contributed by atoms with E-state index in [4.69, 9.17) is 5.73 Å². The maximum absolute atomic E-state index is 12.3. The molecule has 1 saturated heterocycles. The maximum Gasteiger partial charge on any atom is 0.239 e. The van der Waals surface area contributed by atoms with E-state index in [1.807, 2.05) is 30.3 Å². The highest BCUT2D eigenvalue weighted by Gasteiger charge is 2.25. The molecule has 1 fully saturated rings. The van der Waals surface area contributed by atoms with Crippen molar-refractivity contribution in [1.82, 2.24) is 9.80 Å². The van der Waals surface area contributed by atoms with Crippen molar-refractivity contribution in [2.75, 3.05) is 26.2 Å². The molecule has 5 heteroatoms. The largest absolute Gasteiger partial charge is 0.339 e. The number of nitrogens with zero attached hydrogens (tertiary/aromatic N) is 2. The molecule has 2 rings (SSSR count). The Bertz CT molecular complexity index is 482. The molecule has 0 saturated carbocycles. The quantitative estimate of drug-likeness (QED) is 0.884. The summed E-state index contributed by atoms with van der Waals surface area (Å²) in [7, 11) is 0. The van der Waals surface area contributed by atoms with E-state index in [0.29, 0.717) is 32.6 Å². The third-order valence-electron chi connectivity index (χ3n) is 3.94. The first-order valence-corrected chi connectivity index (χ1v) is 7.41. The molecule has 5 nitrogen and oxygen atoms in total. The summed E-state index contributed by atoms with van der Waals surface area (Å²) < 4.78 is 0. The molecule has 0 aliphatic carbocycles. The monoisotopic (exact) mass is 289 g/mol. The summed E-state index contributed by atoms with van der Waals surface area (Å²) in [6.07, 6.45) is 1.46. The van der Waals surface area contributed by atoms with Gasteiger partial charge >= 0.3 is 0 Å². The highest BCUT2D eigenvalue weighted by atomic mass is 16.2. The minimum absolute atomic E-state index is 0.00543. The highest BCUT2D eigenvalue weighted by Crippen LogP contribution is 2.08. The van der Waals surface area contributed by atoms with Crippen molar-refractivity contribution in [2.24, 2.45) is 5.73 Å². The van der Waals surface area contributed by atoms with Gasteiger partial charge in [0.05, 0.1) is 6.04 Å². The van der Waals surface area contributed by atoms with Crippen molar-refractivity contribution in [3.63, 3.8) is 0 Å². The summed E-state index contributed by atoms with van der Waals surface area (Å²) in [5.41, 5.74) is 7.22. The van der Waals surface area contributed by atoms with Crippen LogP contribution >= 0.6 is 0 Å². The van der Waals surface area contributed by atoms with E-state index >= 15 is 0 Å². The van der Waals surface area contributed by atoms with Crippen molar-refractivity contribution in [2.45, 2.75) is 25.8 Å². The average molecular weight is 289 g/mol. The number of carbonyl (C=O) groups excluding carboxylic acids is 2. The molecule has 0 aromatic heterocycles. The lowest BCUT2D eigenvalue weighted by Crippen LogP contribution is -2.54. The van der Waals surface area contributed by atoms with E-state index in [1.54, 1.807) is 16.7 Å². The lowest BCUT2D eigenvalue weighted by Gasteiger charge is -2.35. The summed E-state index contributed by atoms with van der Waals surface area (Å²) in [5, 5.41) is 0. The molecule has 1 atom stereocenters. The predicted molar refractivity (Wildman–Crippen MR) is 81.6 cm³/mol. The van der Waals surface area contributed by atoms with Crippen LogP contribution in [0.1, 0.15) is 18.9 Å². The molecule has 114 valence electrons. The topological polar surface area (TPSA) is 66.6 Å². The van der Waals surface area contributed by atoms with E-state index in [-0.39, 0.29) is 11.8 Å². The minimum atomic E-state index is -0.464. The number of piperazine rings is 1. The molecule has 0 unspecified atom stereocenters. The molecule has 1 heterocycles. The van der Waals surface area contributed by atoms with Gasteiger partial charge in [-0.15, -0.1) is 0 Å². The standard InChI is InChI=1S/C16H23N3O2/c1-13(20)18-9-11-19(12-10-18)16(21)15(17)8-7-14-5-3-2-4-6-14/h2-6,15H,7-12,17H2,1H3/t15-/m0/s1. The van der Waals surface area contributed by atoms with E-state index in [1.165, 1.54) is 5.56 Å². The van der Waals surface area contributed by atoms with Crippen molar-refractivity contribution < 1.29 is 9.59 Å². The number of hydrogen-bond acceptors (Lipinski definition) is 3. The Morgan fingerprint density at radius 2 is 1.67 bits per heavy atom. The van der Waals surface area contributed by atoms with E-state index < -0.39 is 6.04 Å². The zero-order valence-corrected chi connectivity index (χ0v) is 12.5. The molecule has 1 aliphatic heterocycles. The van der Waals surface area contributed by atoms with Crippen molar-refractivity contribution in [3.8, 4) is 0 Å². The van der Waals surface area contributed by atoms with Gasteiger partial charge in [-0.05, 0) is 18.4 Å². The molecule has 1 aliphatic rings. The van der Waals surface area contributed by atoms with Crippen LogP contribution in [-0.2, 0) is 16.0 Å². The van der Waals surface area contributed by atoms with Gasteiger partial charge in [-0.2, -0.15) is 0 Å². The Morgan fingerprint density at radius 3 is 2.24 bits per heavy atom. The van der Waals surface area contributed by atoms with Gasteiger partial charge < -0.3 is 15.5 Å². The Kier molecular flexibility index (Phi) is 5.33. The summed E-state index contributed by atoms with van der Waals surface area (Å²) >= 11 is 0. The molecule has 0 bridgehead atoms. The van der Waals surface area contributed by atoms with E-state index in [0.717, 1.165) is 6.42 Å². The second kappa shape index (κ2) is 7.22. The van der Waals surface area contributed by atoms with Crippen LogP contribution in [0, 0.1) is 0 Å². The first kappa shape index (κ1) is 15.5. The minimum Gasteiger partial charge on any atom is -0.339 e. The second-order valence-corrected chi connectivity index (χ2v) is 5.46. The molecule has 0 spiro atoms. The Hall–Kier alpha value is -1.88. The third-order valence-corrected chi connectivity index (χ3v) is 3.94. The van der Waals surface area contributed by atoms with Crippen LogP contribution in [-0.4, -0.2) is 53.8 Å². The lowest BCUT2D eigenvalue weighted by atomic mass is 10.0. The SMILES string of the molecule is CC(=O)N1CCN(C(=O)[C@@H](N)CCc2ccccc2)CC1. The Balaban J connectivity index is 1.79. The summed E-state index contributed by atoms with van der Waals surface area (Å²) in [5.74, 6) is 0.0598. The summed E-state index contributed by atoms with van der Waals surface area (Å²) in [4.78, 5) is 27.1. The molecular weight excluding hydrogens is 266 g/mol. The molecule has 0 radical (unpaired) electrons. The first-order chi connectivity index (χ1) is 10.1. The molecular formula is C16H23N3O2. The van der Waals surface area contributed by atoms with Crippen LogP contribution in [0.5, 0.6) is 0 Å². The summed E-state index contributed by atoms with van der Waals surface area (Å²) in [6, 6.07) is 9.58. The van der Waals surface area contributed by atoms with E-state index in [9.17, 15) is 9.59 Å². The average Bonchev–Trinajstić information content (AvgIpc) is 2.53. The smallest absolute Gasteiger partial charge is 0.239 e. The first-order valence-electron chi connectivity index (χ1n) is 7.41. The van der Waals surface area contributed by atoms with Crippen LogP contribution in [0.25, 0.3) is 0 Å². The molecule has 2 N–H and O–H groups in total. The number of aryl methyl sites for hydroxylation is 1. The third kappa shape index (κ3) is 4.29. The number of hydrogen-bond donors (Lipinski definition) is 1. The van der Waals surface area contributed by atoms with Crippen molar-refractivity contribution in [1.29, 1.82) is 0 Å². The fraction of sp³-hybridized carbons (Fsp3) is 0.500. The van der Waals surface area contributed by atoms with E-state index in [2.05, 4.69) is 0 Å². The van der Waals surface area contributed by atoms with Crippen LogP contribution < -0.4 is 5.73 Å². The Labute approximate surface area is 125 Å². The zero-order chi connectivity index (χ0) is 15.2. The number of nitrogens with two attached hydrogens (primary N) is 1. The number of rotatable bonds is 4. The van der Waals surface area contributed by atoms with Crippen LogP contribution in [0.15, 0.2) is 30.3 Å². The number of carbonyl (C=O) groups is 2. The Morgan fingerprint density at radius 1 is 1.10 bits per heavy atom. The fourth-order valence-corrected chi connectivity index (χ4v) is 2.57. The van der Waals surface area contributed by atoms with Crippen molar-refractivity contribution in [3.05, 3.63) is 35.9 Å². The highest BCUT2D eigenvalue weighted by molar-refractivity contribution is 5.82. The van der Waals surface area contributed by atoms with Crippen LogP contribution in [0.4, 0.5) is 0 Å². The van der Waals surface area contributed by atoms with Crippen LogP contribution in [0.3, 0.4) is 0 Å². The van der Waals surface area contributed by atoms with Crippen molar-refractivity contribution >= 4 is 11.8 Å². The second-order valence-electron chi connectivity index (χ2n) is 5.46. The van der Waals surface area contributed by atoms with Gasteiger partial charge in [0.15, 0.2) is 0 Å². The van der Waals surface area contributed by atoms with Gasteiger partial charge in [0.2, 0.25) is 11.8 Å². The van der Waals surface area contributed by atoms with Gasteiger partial charge in [0.1, 0.15) is 0 Å². The van der Waals surface area contributed by atoms with Gasteiger partial charge in [-0.3, -0.25) is 9.59 Å². The maximum atomic E-state index is 12.3. The molecule has 1 aromatic carbocycles. The number of amides is 2. The predicted octanol–water partition coefficient (Wildman–Crippen LogP) is 0.637. The van der Waals surface area contributed by atoms with Gasteiger partial charge in [-0.25, -0.2) is 0 Å². The zero-order valence-electron chi connectivity index (χ0n) is 12.5. The van der Waals surface area contributed by atoms with Gasteiger partial charge in [0, 0.05) is 33.1 Å². The fourth-order valence-electron chi connectivity index (χ4n) is 2.57. The van der Waals surface area contributed by atoms with Crippen LogP contribution in [0.2, 0.25) is 0 Å². The summed E-state index contributed by atoms with van der Waals surface area (Å²) in [6.45, 7) is 3.93. The lowest BCUT2D eigenvalue weighted by molar-refractivity contribution is -0.139. The molecule has 1 aromatic rings. The van der Waals surface area contributed by atoms with Gasteiger partial charge in [0.25, 0.3) is 0 Å².